The molecule has 0 fully saturated rings. The van der Waals surface area contributed by atoms with E-state index in [1.165, 1.54) is 19.1 Å². The van der Waals surface area contributed by atoms with Crippen LogP contribution in [0.3, 0.4) is 0 Å². The first-order chi connectivity index (χ1) is 23.9. The van der Waals surface area contributed by atoms with Crippen molar-refractivity contribution in [1.82, 2.24) is 9.80 Å². The molecule has 0 aromatic heterocycles. The Kier molecular flexibility index (Phi) is 9.11. The Bertz CT molecular complexity index is 1980. The third kappa shape index (κ3) is 5.27. The lowest BCUT2D eigenvalue weighted by atomic mass is 9.82. The molecule has 0 atom stereocenters. The summed E-state index contributed by atoms with van der Waals surface area (Å²) in [4.78, 5) is 59.0. The molecule has 0 radical (unpaired) electrons. The highest BCUT2D eigenvalue weighted by atomic mass is 16.7. The Morgan fingerprint density at radius 2 is 0.898 bits per heavy atom. The molecule has 0 bridgehead atoms. The molecule has 4 amide bonds. The van der Waals surface area contributed by atoms with E-state index in [1.54, 1.807) is 17.0 Å². The highest BCUT2D eigenvalue weighted by molar-refractivity contribution is 6.41. The summed E-state index contributed by atoms with van der Waals surface area (Å²) in [5.41, 5.74) is 2.01. The maximum absolute atomic E-state index is 14.4. The second kappa shape index (κ2) is 13.5. The van der Waals surface area contributed by atoms with Gasteiger partial charge in [-0.15, -0.1) is 0 Å². The van der Waals surface area contributed by atoms with Crippen LogP contribution >= 0.6 is 0 Å². The van der Waals surface area contributed by atoms with Gasteiger partial charge in [-0.3, -0.25) is 29.0 Å². The molecule has 254 valence electrons. The van der Waals surface area contributed by atoms with Gasteiger partial charge in [0.05, 0.1) is 6.54 Å². The highest BCUT2D eigenvalue weighted by Crippen LogP contribution is 2.46. The van der Waals surface area contributed by atoms with Gasteiger partial charge in [-0.2, -0.15) is 0 Å². The first-order valence-corrected chi connectivity index (χ1v) is 17.9. The number of amides is 4. The van der Waals surface area contributed by atoms with Crippen molar-refractivity contribution >= 4 is 66.7 Å². The van der Waals surface area contributed by atoms with Crippen LogP contribution in [0.5, 0.6) is 0 Å². The molecule has 2 heterocycles. The number of unbranched alkanes of at least 4 members (excludes halogenated alkanes) is 6. The van der Waals surface area contributed by atoms with Gasteiger partial charge in [-0.25, -0.2) is 0 Å². The minimum absolute atomic E-state index is 0.0276. The van der Waals surface area contributed by atoms with Crippen LogP contribution in [0.4, 0.5) is 0 Å². The summed E-state index contributed by atoms with van der Waals surface area (Å²) in [6.45, 7) is 4.35. The van der Waals surface area contributed by atoms with E-state index in [2.05, 4.69) is 13.8 Å². The SMILES string of the molecule is CCCCCCC(CCCCCC)N1C(=O)c2ccc3c4ccc5c6c(ccc(c7ccc(c2c37)C1=O)c64)C(=O)N(CC(OC)OC)C5=O. The smallest absolute Gasteiger partial charge is 0.261 e. The summed E-state index contributed by atoms with van der Waals surface area (Å²) in [6, 6.07) is 15.0. The van der Waals surface area contributed by atoms with Crippen molar-refractivity contribution in [3.05, 3.63) is 70.8 Å². The Balaban J connectivity index is 1.35. The molecule has 5 aromatic carbocycles. The van der Waals surface area contributed by atoms with E-state index in [0.717, 1.165) is 96.5 Å². The van der Waals surface area contributed by atoms with E-state index < -0.39 is 18.1 Å². The lowest BCUT2D eigenvalue weighted by Crippen LogP contribution is -2.47. The van der Waals surface area contributed by atoms with Crippen LogP contribution in [0.25, 0.3) is 43.1 Å². The number of carbonyl (C=O) groups excluding carboxylic acids is 4. The first kappa shape index (κ1) is 33.1. The number of carbonyl (C=O) groups is 4. The number of hydrogen-bond acceptors (Lipinski definition) is 6. The average molecular weight is 661 g/mol. The summed E-state index contributed by atoms with van der Waals surface area (Å²) in [5, 5.41) is 6.54. The van der Waals surface area contributed by atoms with E-state index in [0.29, 0.717) is 33.0 Å². The highest BCUT2D eigenvalue weighted by Gasteiger charge is 2.39. The lowest BCUT2D eigenvalue weighted by molar-refractivity contribution is -0.108. The number of imide groups is 2. The minimum atomic E-state index is -0.743. The van der Waals surface area contributed by atoms with Crippen molar-refractivity contribution in [2.75, 3.05) is 20.8 Å². The molecule has 8 nitrogen and oxygen atoms in total. The van der Waals surface area contributed by atoms with Crippen LogP contribution in [0.2, 0.25) is 0 Å². The van der Waals surface area contributed by atoms with E-state index >= 15 is 0 Å². The summed E-state index contributed by atoms with van der Waals surface area (Å²) in [6.07, 6.45) is 9.67. The van der Waals surface area contributed by atoms with Gasteiger partial charge in [0.25, 0.3) is 23.6 Å². The second-order valence-electron chi connectivity index (χ2n) is 13.6. The molecule has 2 aliphatic heterocycles. The number of fused-ring (bicyclic) bond motifs is 2. The Morgan fingerprint density at radius 3 is 1.27 bits per heavy atom. The Hall–Kier alpha value is -4.40. The molecule has 0 saturated carbocycles. The first-order valence-electron chi connectivity index (χ1n) is 17.9. The molecule has 2 aliphatic rings. The van der Waals surface area contributed by atoms with Crippen LogP contribution in [0.15, 0.2) is 48.5 Å². The standard InChI is InChI=1S/C41H44N2O6/c1-5-7-9-11-13-24(14-12-10-8-6-2)43-40(46)31-21-17-27-25-15-19-29-36-30(39(45)42(38(29)44)23-33(48-3)49-4)20-16-26(34(25)36)28-18-22-32(41(43)47)37(31)35(27)28/h15-22,24,33H,5-14,23H2,1-4H3. The van der Waals surface area contributed by atoms with Gasteiger partial charge in [0.1, 0.15) is 0 Å². The third-order valence-corrected chi connectivity index (χ3v) is 10.8. The van der Waals surface area contributed by atoms with E-state index in [4.69, 9.17) is 9.47 Å². The van der Waals surface area contributed by atoms with Crippen LogP contribution in [0.1, 0.15) is 119 Å². The summed E-state index contributed by atoms with van der Waals surface area (Å²) >= 11 is 0. The minimum Gasteiger partial charge on any atom is -0.354 e. The molecular weight excluding hydrogens is 616 g/mol. The fraction of sp³-hybridized carbons (Fsp3) is 0.415. The number of nitrogens with zero attached hydrogens (tertiary/aromatic N) is 2. The monoisotopic (exact) mass is 660 g/mol. The van der Waals surface area contributed by atoms with Gasteiger partial charge in [0.15, 0.2) is 6.29 Å². The van der Waals surface area contributed by atoms with Gasteiger partial charge in [-0.1, -0.05) is 89.5 Å². The van der Waals surface area contributed by atoms with Crippen molar-refractivity contribution in [1.29, 1.82) is 0 Å². The largest absolute Gasteiger partial charge is 0.354 e. The zero-order valence-electron chi connectivity index (χ0n) is 28.9. The average Bonchev–Trinajstić information content (AvgIpc) is 3.12. The van der Waals surface area contributed by atoms with Crippen molar-refractivity contribution in [2.45, 2.75) is 90.4 Å². The quantitative estimate of drug-likeness (QED) is 0.0366. The van der Waals surface area contributed by atoms with Crippen LogP contribution in [-0.2, 0) is 9.47 Å². The molecule has 0 spiro atoms. The molecule has 0 saturated heterocycles. The third-order valence-electron chi connectivity index (χ3n) is 10.8. The number of benzene rings is 5. The van der Waals surface area contributed by atoms with Crippen molar-refractivity contribution in [3.63, 3.8) is 0 Å². The topological polar surface area (TPSA) is 93.2 Å². The molecule has 7 rings (SSSR count). The summed E-state index contributed by atoms with van der Waals surface area (Å²) in [5.74, 6) is -1.22. The van der Waals surface area contributed by atoms with E-state index in [9.17, 15) is 19.2 Å². The second-order valence-corrected chi connectivity index (χ2v) is 13.6. The summed E-state index contributed by atoms with van der Waals surface area (Å²) in [7, 11) is 2.95. The van der Waals surface area contributed by atoms with Gasteiger partial charge in [0, 0.05) is 53.3 Å². The lowest BCUT2D eigenvalue weighted by Gasteiger charge is -2.35. The number of methoxy groups -OCH3 is 2. The van der Waals surface area contributed by atoms with Gasteiger partial charge in [0.2, 0.25) is 0 Å². The number of rotatable bonds is 15. The Morgan fingerprint density at radius 1 is 0.510 bits per heavy atom. The fourth-order valence-corrected chi connectivity index (χ4v) is 8.24. The molecule has 0 aliphatic carbocycles. The maximum Gasteiger partial charge on any atom is 0.261 e. The molecule has 8 heteroatoms. The predicted molar refractivity (Wildman–Crippen MR) is 193 cm³/mol. The molecule has 5 aromatic rings. The molecule has 0 N–H and O–H groups in total. The zero-order valence-corrected chi connectivity index (χ0v) is 28.9. The normalized spacial score (nSPS) is 14.8. The zero-order chi connectivity index (χ0) is 34.4. The molecular formula is C41H44N2O6. The molecule has 0 unspecified atom stereocenters. The Labute approximate surface area is 286 Å². The van der Waals surface area contributed by atoms with Crippen molar-refractivity contribution in [3.8, 4) is 0 Å². The number of ether oxygens (including phenoxy) is 2. The van der Waals surface area contributed by atoms with Crippen molar-refractivity contribution < 1.29 is 28.7 Å². The van der Waals surface area contributed by atoms with Crippen LogP contribution in [0, 0.1) is 0 Å². The maximum atomic E-state index is 14.4. The van der Waals surface area contributed by atoms with Crippen molar-refractivity contribution in [2.24, 2.45) is 0 Å². The fourth-order valence-electron chi connectivity index (χ4n) is 8.24. The van der Waals surface area contributed by atoms with Gasteiger partial charge in [-0.05, 0) is 69.4 Å². The summed E-state index contributed by atoms with van der Waals surface area (Å²) < 4.78 is 10.6. The predicted octanol–water partition coefficient (Wildman–Crippen LogP) is 8.86. The van der Waals surface area contributed by atoms with Crippen LogP contribution in [-0.4, -0.2) is 66.5 Å². The van der Waals surface area contributed by atoms with Crippen LogP contribution < -0.4 is 0 Å². The van der Waals surface area contributed by atoms with E-state index in [1.807, 2.05) is 36.4 Å². The molecule has 49 heavy (non-hydrogen) atoms. The van der Waals surface area contributed by atoms with Gasteiger partial charge < -0.3 is 9.47 Å². The number of hydrogen-bond donors (Lipinski definition) is 0. The van der Waals surface area contributed by atoms with E-state index in [-0.39, 0.29) is 24.4 Å². The van der Waals surface area contributed by atoms with Gasteiger partial charge >= 0.3 is 0 Å².